The summed E-state index contributed by atoms with van der Waals surface area (Å²) in [5.41, 5.74) is 0.287. The second-order valence-corrected chi connectivity index (χ2v) is 8.47. The molecule has 2 aromatic rings. The Labute approximate surface area is 195 Å². The maximum atomic E-state index is 12.7. The van der Waals surface area contributed by atoms with Gasteiger partial charge >= 0.3 is 17.7 Å². The number of nitrogens with one attached hydrogen (secondary N) is 1. The second kappa shape index (κ2) is 9.66. The van der Waals surface area contributed by atoms with E-state index < -0.39 is 23.7 Å². The lowest BCUT2D eigenvalue weighted by Gasteiger charge is -2.21. The Bertz CT molecular complexity index is 1180. The zero-order valence-corrected chi connectivity index (χ0v) is 19.0. The highest BCUT2D eigenvalue weighted by atomic mass is 16.5. The standard InChI is InChI=1S/C24H26N2O8/c1-3-32-24(31)25-15-8-9-16-14(10-20(27)34-19(16)11-15)12-33-23(30)13(2)26-21(28)17-6-4-5-7-18(17)22(26)29/h8-11,13,17-18H,3-7,12H2,1-2H3,(H,25,31). The van der Waals surface area contributed by atoms with Crippen molar-refractivity contribution in [3.63, 3.8) is 0 Å². The number of carbonyl (C=O) groups is 4. The third-order valence-corrected chi connectivity index (χ3v) is 6.33. The number of benzene rings is 1. The summed E-state index contributed by atoms with van der Waals surface area (Å²) in [5.74, 6) is -2.06. The summed E-state index contributed by atoms with van der Waals surface area (Å²) in [5, 5.41) is 3.03. The van der Waals surface area contributed by atoms with Crippen molar-refractivity contribution in [3.05, 3.63) is 40.2 Å². The van der Waals surface area contributed by atoms with Gasteiger partial charge in [0.1, 0.15) is 18.2 Å². The summed E-state index contributed by atoms with van der Waals surface area (Å²) in [4.78, 5) is 62.9. The molecule has 3 unspecified atom stereocenters. The van der Waals surface area contributed by atoms with E-state index >= 15 is 0 Å². The molecule has 0 bridgehead atoms. The first-order chi connectivity index (χ1) is 16.3. The van der Waals surface area contributed by atoms with E-state index in [0.717, 1.165) is 17.7 Å². The molecule has 1 aliphatic heterocycles. The summed E-state index contributed by atoms with van der Waals surface area (Å²) in [6, 6.07) is 4.82. The molecule has 1 saturated heterocycles. The summed E-state index contributed by atoms with van der Waals surface area (Å²) in [7, 11) is 0. The van der Waals surface area contributed by atoms with Gasteiger partial charge in [0.25, 0.3) is 0 Å². The van der Waals surface area contributed by atoms with Gasteiger partial charge in [0.05, 0.1) is 18.4 Å². The molecule has 180 valence electrons. The van der Waals surface area contributed by atoms with Crippen molar-refractivity contribution in [2.45, 2.75) is 52.2 Å². The van der Waals surface area contributed by atoms with Gasteiger partial charge in [-0.3, -0.25) is 19.8 Å². The number of fused-ring (bicyclic) bond motifs is 2. The van der Waals surface area contributed by atoms with Crippen molar-refractivity contribution >= 4 is 40.5 Å². The molecule has 0 spiro atoms. The zero-order valence-electron chi connectivity index (χ0n) is 19.0. The minimum atomic E-state index is -1.06. The zero-order chi connectivity index (χ0) is 24.4. The number of carbonyl (C=O) groups excluding carboxylic acids is 4. The largest absolute Gasteiger partial charge is 0.459 e. The van der Waals surface area contributed by atoms with Crippen LogP contribution in [0.1, 0.15) is 45.1 Å². The van der Waals surface area contributed by atoms with E-state index in [1.807, 2.05) is 0 Å². The van der Waals surface area contributed by atoms with Crippen LogP contribution in [0.5, 0.6) is 0 Å². The molecule has 0 radical (unpaired) electrons. The first-order valence-corrected chi connectivity index (χ1v) is 11.3. The van der Waals surface area contributed by atoms with E-state index in [0.29, 0.717) is 29.5 Å². The molecule has 1 N–H and O–H groups in total. The number of hydrogen-bond donors (Lipinski definition) is 1. The van der Waals surface area contributed by atoms with E-state index in [2.05, 4.69) is 5.32 Å². The number of likely N-dealkylation sites (tertiary alicyclic amines) is 1. The van der Waals surface area contributed by atoms with Crippen LogP contribution in [0.4, 0.5) is 10.5 Å². The SMILES string of the molecule is CCOC(=O)Nc1ccc2c(COC(=O)C(C)N3C(=O)C4CCCCC4C3=O)cc(=O)oc2c1. The lowest BCUT2D eigenvalue weighted by Crippen LogP contribution is -2.44. The number of nitrogens with zero attached hydrogens (tertiary/aromatic N) is 1. The maximum absolute atomic E-state index is 12.7. The highest BCUT2D eigenvalue weighted by Gasteiger charge is 2.51. The van der Waals surface area contributed by atoms with Crippen LogP contribution in [0.3, 0.4) is 0 Å². The lowest BCUT2D eigenvalue weighted by atomic mass is 9.81. The molecule has 2 heterocycles. The van der Waals surface area contributed by atoms with E-state index in [4.69, 9.17) is 13.9 Å². The van der Waals surface area contributed by atoms with Crippen molar-refractivity contribution in [1.29, 1.82) is 0 Å². The summed E-state index contributed by atoms with van der Waals surface area (Å²) in [6.45, 7) is 3.10. The predicted octanol–water partition coefficient (Wildman–Crippen LogP) is 2.97. The number of esters is 1. The Kier molecular flexibility index (Phi) is 6.67. The highest BCUT2D eigenvalue weighted by Crippen LogP contribution is 2.39. The highest BCUT2D eigenvalue weighted by molar-refractivity contribution is 6.07. The maximum Gasteiger partial charge on any atom is 0.411 e. The Morgan fingerprint density at radius 2 is 1.76 bits per heavy atom. The van der Waals surface area contributed by atoms with Gasteiger partial charge in [-0.15, -0.1) is 0 Å². The van der Waals surface area contributed by atoms with Gasteiger partial charge in [0.2, 0.25) is 11.8 Å². The number of hydrogen-bond acceptors (Lipinski definition) is 8. The van der Waals surface area contributed by atoms with Gasteiger partial charge in [-0.1, -0.05) is 12.8 Å². The third kappa shape index (κ3) is 4.52. The van der Waals surface area contributed by atoms with Gasteiger partial charge < -0.3 is 13.9 Å². The average Bonchev–Trinajstić information content (AvgIpc) is 3.06. The normalized spacial score (nSPS) is 20.7. The van der Waals surface area contributed by atoms with Crippen molar-refractivity contribution < 1.29 is 33.1 Å². The lowest BCUT2D eigenvalue weighted by molar-refractivity contribution is -0.159. The van der Waals surface area contributed by atoms with Gasteiger partial charge in [-0.05, 0) is 38.8 Å². The van der Waals surface area contributed by atoms with Gasteiger partial charge in [0.15, 0.2) is 0 Å². The first kappa shape index (κ1) is 23.5. The molecule has 3 atom stereocenters. The van der Waals surface area contributed by atoms with Gasteiger partial charge in [-0.25, -0.2) is 14.4 Å². The fourth-order valence-corrected chi connectivity index (χ4v) is 4.66. The van der Waals surface area contributed by atoms with Gasteiger partial charge in [0, 0.05) is 28.8 Å². The quantitative estimate of drug-likeness (QED) is 0.387. The number of ether oxygens (including phenoxy) is 2. The molecule has 1 aromatic carbocycles. The molecule has 3 amide bonds. The van der Waals surface area contributed by atoms with E-state index in [1.54, 1.807) is 19.1 Å². The summed E-state index contributed by atoms with van der Waals surface area (Å²) in [6.07, 6.45) is 2.47. The predicted molar refractivity (Wildman–Crippen MR) is 120 cm³/mol. The fraction of sp³-hybridized carbons (Fsp3) is 0.458. The topological polar surface area (TPSA) is 132 Å². The van der Waals surface area contributed by atoms with E-state index in [9.17, 15) is 24.0 Å². The van der Waals surface area contributed by atoms with E-state index in [1.165, 1.54) is 19.1 Å². The number of imide groups is 1. The third-order valence-electron chi connectivity index (χ3n) is 6.33. The van der Waals surface area contributed by atoms with Crippen LogP contribution >= 0.6 is 0 Å². The Morgan fingerprint density at radius 1 is 1.09 bits per heavy atom. The van der Waals surface area contributed by atoms with Crippen molar-refractivity contribution in [2.24, 2.45) is 11.8 Å². The molecule has 10 heteroatoms. The van der Waals surface area contributed by atoms with Crippen LogP contribution in [0.25, 0.3) is 11.0 Å². The van der Waals surface area contributed by atoms with Gasteiger partial charge in [-0.2, -0.15) is 0 Å². The van der Waals surface area contributed by atoms with Crippen molar-refractivity contribution in [1.82, 2.24) is 4.90 Å². The monoisotopic (exact) mass is 470 g/mol. The summed E-state index contributed by atoms with van der Waals surface area (Å²) >= 11 is 0. The van der Waals surface area contributed by atoms with Crippen LogP contribution in [0, 0.1) is 11.8 Å². The van der Waals surface area contributed by atoms with Crippen LogP contribution in [0.15, 0.2) is 33.5 Å². The molecule has 1 aromatic heterocycles. The molecule has 1 aliphatic carbocycles. The van der Waals surface area contributed by atoms with Crippen LogP contribution in [-0.4, -0.2) is 41.4 Å². The molecular weight excluding hydrogens is 444 g/mol. The van der Waals surface area contributed by atoms with Crippen molar-refractivity contribution in [3.8, 4) is 0 Å². The van der Waals surface area contributed by atoms with E-state index in [-0.39, 0.29) is 42.4 Å². The Hall–Kier alpha value is -3.69. The summed E-state index contributed by atoms with van der Waals surface area (Å²) < 4.78 is 15.4. The molecule has 34 heavy (non-hydrogen) atoms. The van der Waals surface area contributed by atoms with Crippen molar-refractivity contribution in [2.75, 3.05) is 11.9 Å². The molecular formula is C24H26N2O8. The smallest absolute Gasteiger partial charge is 0.411 e. The molecule has 4 rings (SSSR count). The second-order valence-electron chi connectivity index (χ2n) is 8.47. The number of anilines is 1. The minimum absolute atomic E-state index is 0.190. The number of amides is 3. The Balaban J connectivity index is 1.48. The molecule has 2 aliphatic rings. The minimum Gasteiger partial charge on any atom is -0.459 e. The van der Waals surface area contributed by atoms with Crippen LogP contribution < -0.4 is 10.9 Å². The average molecular weight is 470 g/mol. The first-order valence-electron chi connectivity index (χ1n) is 11.3. The molecule has 2 fully saturated rings. The molecule has 10 nitrogen and oxygen atoms in total. The number of rotatable bonds is 6. The fourth-order valence-electron chi connectivity index (χ4n) is 4.66. The van der Waals surface area contributed by atoms with Crippen LogP contribution in [0.2, 0.25) is 0 Å². The molecule has 1 saturated carbocycles. The Morgan fingerprint density at radius 3 is 2.41 bits per heavy atom. The van der Waals surface area contributed by atoms with Crippen LogP contribution in [-0.2, 0) is 30.5 Å².